The Morgan fingerprint density at radius 2 is 1.53 bits per heavy atom. The Morgan fingerprint density at radius 3 is 2.07 bits per heavy atom. The molecule has 0 aromatic heterocycles. The van der Waals surface area contributed by atoms with Gasteiger partial charge in [-0.2, -0.15) is 0 Å². The lowest BCUT2D eigenvalue weighted by Gasteiger charge is -2.23. The lowest BCUT2D eigenvalue weighted by Crippen LogP contribution is -2.43. The van der Waals surface area contributed by atoms with Crippen LogP contribution in [0.25, 0.3) is 0 Å². The predicted molar refractivity (Wildman–Crippen MR) is 62.6 cm³/mol. The summed E-state index contributed by atoms with van der Waals surface area (Å²) in [4.78, 5) is 0. The molecule has 0 amide bonds. The fraction of sp³-hybridized carbons (Fsp3) is 0.500. The van der Waals surface area contributed by atoms with Gasteiger partial charge in [0.25, 0.3) is 0 Å². The number of rotatable bonds is 1. The van der Waals surface area contributed by atoms with Crippen molar-refractivity contribution in [2.24, 2.45) is 0 Å². The third-order valence-corrected chi connectivity index (χ3v) is 2.80. The van der Waals surface area contributed by atoms with Crippen molar-refractivity contribution in [3.05, 3.63) is 28.8 Å². The molecule has 15 heavy (non-hydrogen) atoms. The first kappa shape index (κ1) is 10.7. The monoisotopic (exact) mass is 204 g/mol. The van der Waals surface area contributed by atoms with E-state index in [1.165, 1.54) is 22.2 Å². The summed E-state index contributed by atoms with van der Waals surface area (Å²) in [7, 11) is -0.153. The summed E-state index contributed by atoms with van der Waals surface area (Å²) in [6.45, 7) is 7.97. The maximum atomic E-state index is 5.64. The molecule has 0 radical (unpaired) electrons. The molecular weight excluding hydrogens is 187 g/mol. The van der Waals surface area contributed by atoms with E-state index >= 15 is 0 Å². The zero-order chi connectivity index (χ0) is 10.8. The standard InChI is InChI=1S/C12H17BO2/c1-9-7-10(2)12(11(3)8-9)13-14-5-4-6-15-13/h7-8H,4-6H2,1-3H3. The molecule has 80 valence electrons. The first-order valence-electron chi connectivity index (χ1n) is 5.49. The van der Waals surface area contributed by atoms with Gasteiger partial charge in [0.1, 0.15) is 0 Å². The largest absolute Gasteiger partial charge is 0.494 e. The van der Waals surface area contributed by atoms with E-state index in [4.69, 9.17) is 9.31 Å². The van der Waals surface area contributed by atoms with Crippen molar-refractivity contribution in [3.63, 3.8) is 0 Å². The van der Waals surface area contributed by atoms with Crippen molar-refractivity contribution in [1.29, 1.82) is 0 Å². The second kappa shape index (κ2) is 4.37. The Bertz CT molecular complexity index is 334. The quantitative estimate of drug-likeness (QED) is 0.648. The summed E-state index contributed by atoms with van der Waals surface area (Å²) in [5.41, 5.74) is 5.03. The third kappa shape index (κ3) is 2.24. The molecule has 0 aliphatic carbocycles. The minimum Gasteiger partial charge on any atom is -0.407 e. The number of hydrogen-bond donors (Lipinski definition) is 0. The van der Waals surface area contributed by atoms with E-state index in [2.05, 4.69) is 32.9 Å². The van der Waals surface area contributed by atoms with Crippen LogP contribution in [0.1, 0.15) is 23.1 Å². The molecule has 1 heterocycles. The Balaban J connectivity index is 2.33. The molecule has 1 aliphatic heterocycles. The molecule has 1 fully saturated rings. The molecule has 0 atom stereocenters. The number of hydrogen-bond acceptors (Lipinski definition) is 2. The predicted octanol–water partition coefficient (Wildman–Crippen LogP) is 1.74. The van der Waals surface area contributed by atoms with Gasteiger partial charge in [-0.3, -0.25) is 0 Å². The average molecular weight is 204 g/mol. The second-order valence-electron chi connectivity index (χ2n) is 4.24. The van der Waals surface area contributed by atoms with Crippen LogP contribution in [0.2, 0.25) is 0 Å². The first-order chi connectivity index (χ1) is 7.18. The highest BCUT2D eigenvalue weighted by Crippen LogP contribution is 2.10. The Kier molecular flexibility index (Phi) is 3.12. The van der Waals surface area contributed by atoms with Crippen LogP contribution >= 0.6 is 0 Å². The van der Waals surface area contributed by atoms with Gasteiger partial charge in [0.05, 0.1) is 0 Å². The van der Waals surface area contributed by atoms with Gasteiger partial charge in [0.15, 0.2) is 0 Å². The van der Waals surface area contributed by atoms with Crippen LogP contribution in [-0.2, 0) is 9.31 Å². The smallest absolute Gasteiger partial charge is 0.407 e. The number of benzene rings is 1. The first-order valence-corrected chi connectivity index (χ1v) is 5.49. The molecule has 3 heteroatoms. The van der Waals surface area contributed by atoms with Crippen LogP contribution in [0.4, 0.5) is 0 Å². The molecule has 0 spiro atoms. The van der Waals surface area contributed by atoms with E-state index in [1.807, 2.05) is 0 Å². The fourth-order valence-corrected chi connectivity index (χ4v) is 2.22. The summed E-state index contributed by atoms with van der Waals surface area (Å²) in [6.07, 6.45) is 1.00. The van der Waals surface area contributed by atoms with Gasteiger partial charge in [0, 0.05) is 13.2 Å². The van der Waals surface area contributed by atoms with E-state index in [1.54, 1.807) is 0 Å². The van der Waals surface area contributed by atoms with Crippen molar-refractivity contribution < 1.29 is 9.31 Å². The van der Waals surface area contributed by atoms with Crippen LogP contribution in [0, 0.1) is 20.8 Å². The lowest BCUT2D eigenvalue weighted by atomic mass is 9.72. The van der Waals surface area contributed by atoms with Crippen molar-refractivity contribution in [2.45, 2.75) is 27.2 Å². The van der Waals surface area contributed by atoms with Gasteiger partial charge in [-0.05, 0) is 32.7 Å². The highest BCUT2D eigenvalue weighted by Gasteiger charge is 2.27. The Hall–Kier alpha value is -0.795. The molecule has 0 bridgehead atoms. The lowest BCUT2D eigenvalue weighted by molar-refractivity contribution is 0.143. The Labute approximate surface area is 91.7 Å². The van der Waals surface area contributed by atoms with E-state index in [9.17, 15) is 0 Å². The van der Waals surface area contributed by atoms with Crippen LogP contribution in [0.5, 0.6) is 0 Å². The van der Waals surface area contributed by atoms with Crippen molar-refractivity contribution in [2.75, 3.05) is 13.2 Å². The van der Waals surface area contributed by atoms with Crippen LogP contribution in [-0.4, -0.2) is 20.3 Å². The van der Waals surface area contributed by atoms with Crippen molar-refractivity contribution >= 4 is 12.6 Å². The maximum Gasteiger partial charge on any atom is 0.494 e. The van der Waals surface area contributed by atoms with E-state index in [0.717, 1.165) is 19.6 Å². The van der Waals surface area contributed by atoms with Gasteiger partial charge in [-0.25, -0.2) is 0 Å². The highest BCUT2D eigenvalue weighted by atomic mass is 16.6. The summed E-state index contributed by atoms with van der Waals surface area (Å²) in [5, 5.41) is 0. The van der Waals surface area contributed by atoms with Gasteiger partial charge in [-0.15, -0.1) is 0 Å². The molecule has 1 aliphatic rings. The van der Waals surface area contributed by atoms with Crippen molar-refractivity contribution in [1.82, 2.24) is 0 Å². The van der Waals surface area contributed by atoms with Crippen LogP contribution in [0.15, 0.2) is 12.1 Å². The zero-order valence-corrected chi connectivity index (χ0v) is 9.67. The van der Waals surface area contributed by atoms with E-state index in [0.29, 0.717) is 0 Å². The second-order valence-corrected chi connectivity index (χ2v) is 4.24. The summed E-state index contributed by atoms with van der Waals surface area (Å²) < 4.78 is 11.3. The Morgan fingerprint density at radius 1 is 1.00 bits per heavy atom. The fourth-order valence-electron chi connectivity index (χ4n) is 2.22. The van der Waals surface area contributed by atoms with Gasteiger partial charge in [-0.1, -0.05) is 28.8 Å². The summed E-state index contributed by atoms with van der Waals surface area (Å²) in [6, 6.07) is 4.37. The van der Waals surface area contributed by atoms with Crippen molar-refractivity contribution in [3.8, 4) is 0 Å². The molecule has 1 aromatic rings. The average Bonchev–Trinajstić information content (AvgIpc) is 2.17. The normalized spacial score (nSPS) is 16.9. The SMILES string of the molecule is Cc1cc(C)c(B2OCCCO2)c(C)c1. The third-order valence-electron chi connectivity index (χ3n) is 2.80. The molecule has 2 nitrogen and oxygen atoms in total. The van der Waals surface area contributed by atoms with Gasteiger partial charge >= 0.3 is 7.12 Å². The molecule has 1 saturated heterocycles. The minimum atomic E-state index is -0.153. The highest BCUT2D eigenvalue weighted by molar-refractivity contribution is 6.62. The van der Waals surface area contributed by atoms with Gasteiger partial charge in [0.2, 0.25) is 0 Å². The summed E-state index contributed by atoms with van der Waals surface area (Å²) in [5.74, 6) is 0. The molecule has 1 aromatic carbocycles. The van der Waals surface area contributed by atoms with E-state index < -0.39 is 0 Å². The number of aryl methyl sites for hydroxylation is 3. The minimum absolute atomic E-state index is 0.153. The van der Waals surface area contributed by atoms with Crippen LogP contribution < -0.4 is 5.46 Å². The summed E-state index contributed by atoms with van der Waals surface area (Å²) >= 11 is 0. The zero-order valence-electron chi connectivity index (χ0n) is 9.67. The molecular formula is C12H17BO2. The molecule has 0 unspecified atom stereocenters. The van der Waals surface area contributed by atoms with Crippen LogP contribution in [0.3, 0.4) is 0 Å². The molecule has 0 N–H and O–H groups in total. The maximum absolute atomic E-state index is 5.64. The molecule has 0 saturated carbocycles. The topological polar surface area (TPSA) is 18.5 Å². The van der Waals surface area contributed by atoms with Gasteiger partial charge < -0.3 is 9.31 Å². The molecule has 2 rings (SSSR count). The van der Waals surface area contributed by atoms with E-state index in [-0.39, 0.29) is 7.12 Å².